The van der Waals surface area contributed by atoms with Gasteiger partial charge in [-0.05, 0) is 75.4 Å². The van der Waals surface area contributed by atoms with Crippen LogP contribution in [0.25, 0.3) is 11.1 Å². The van der Waals surface area contributed by atoms with Crippen LogP contribution in [0, 0.1) is 27.7 Å². The summed E-state index contributed by atoms with van der Waals surface area (Å²) < 4.78 is 5.68. The first-order valence-electron chi connectivity index (χ1n) is 8.66. The fourth-order valence-electron chi connectivity index (χ4n) is 2.93. The molecule has 0 unspecified atom stereocenters. The number of aryl methyl sites for hydroxylation is 2. The van der Waals surface area contributed by atoms with E-state index >= 15 is 0 Å². The summed E-state index contributed by atoms with van der Waals surface area (Å²) in [4.78, 5) is 14.0. The summed E-state index contributed by atoms with van der Waals surface area (Å²) in [6, 6.07) is 7.10. The van der Waals surface area contributed by atoms with E-state index in [1.807, 2.05) is 53.7 Å². The van der Waals surface area contributed by atoms with E-state index < -0.39 is 6.09 Å². The third-order valence-electron chi connectivity index (χ3n) is 4.86. The van der Waals surface area contributed by atoms with E-state index in [1.54, 1.807) is 17.0 Å². The predicted octanol–water partition coefficient (Wildman–Crippen LogP) is 1.12. The molecule has 27 heavy (non-hydrogen) atoms. The number of carbonyl (C=O) groups is 1. The van der Waals surface area contributed by atoms with Crippen LogP contribution in [0.15, 0.2) is 24.3 Å². The van der Waals surface area contributed by atoms with Gasteiger partial charge in [0.25, 0.3) is 0 Å². The Hall–Kier alpha value is -1.43. The minimum absolute atomic E-state index is 0. The van der Waals surface area contributed by atoms with Crippen LogP contribution in [0.1, 0.15) is 36.1 Å². The van der Waals surface area contributed by atoms with Gasteiger partial charge in [0.1, 0.15) is 5.75 Å². The van der Waals surface area contributed by atoms with Gasteiger partial charge in [0.2, 0.25) is 0 Å². The average Bonchev–Trinajstić information content (AvgIpc) is 2.58. The number of rotatable bonds is 4. The van der Waals surface area contributed by atoms with Crippen molar-refractivity contribution in [3.05, 3.63) is 46.5 Å². The van der Waals surface area contributed by atoms with E-state index in [1.165, 1.54) is 0 Å². The van der Waals surface area contributed by atoms with E-state index in [4.69, 9.17) is 4.74 Å². The van der Waals surface area contributed by atoms with Gasteiger partial charge in [-0.25, -0.2) is 4.79 Å². The van der Waals surface area contributed by atoms with E-state index in [0.29, 0.717) is 30.0 Å². The smallest absolute Gasteiger partial charge is 1.00 e. The molecule has 6 heteroatoms. The summed E-state index contributed by atoms with van der Waals surface area (Å²) in [7, 11) is 0. The zero-order chi connectivity index (χ0) is 18.7. The zero-order valence-electron chi connectivity index (χ0n) is 17.0. The molecule has 142 valence electrons. The maximum Gasteiger partial charge on any atom is 2.00 e. The fourth-order valence-corrected chi connectivity index (χ4v) is 2.93. The second-order valence-electron chi connectivity index (χ2n) is 6.30. The monoisotopic (exact) mass is 399 g/mol. The van der Waals surface area contributed by atoms with Gasteiger partial charge in [-0.2, -0.15) is 0 Å². The molecule has 0 aliphatic heterocycles. The summed E-state index contributed by atoms with van der Waals surface area (Å²) >= 11 is 0. The molecule has 0 aliphatic carbocycles. The van der Waals surface area contributed by atoms with Crippen molar-refractivity contribution < 1.29 is 27.0 Å². The van der Waals surface area contributed by atoms with Crippen molar-refractivity contribution in [2.75, 3.05) is 13.1 Å². The molecule has 0 N–H and O–H groups in total. The Labute approximate surface area is 184 Å². The van der Waals surface area contributed by atoms with Crippen LogP contribution in [-0.2, 0) is 0 Å². The number of amides is 1. The normalized spacial score (nSPS) is 9.85. The van der Waals surface area contributed by atoms with Gasteiger partial charge in [-0.15, -0.1) is 5.75 Å². The molecule has 0 radical (unpaired) electrons. The van der Waals surface area contributed by atoms with E-state index in [0.717, 1.165) is 22.3 Å². The molecular formula is C21H26ClMgNO3. The van der Waals surface area contributed by atoms with Crippen molar-refractivity contribution in [2.45, 2.75) is 41.5 Å². The van der Waals surface area contributed by atoms with Crippen molar-refractivity contribution >= 4 is 29.1 Å². The fraction of sp³-hybridized carbons (Fsp3) is 0.381. The number of nitrogens with zero attached hydrogens (tertiary/aromatic N) is 1. The third-order valence-corrected chi connectivity index (χ3v) is 4.86. The summed E-state index contributed by atoms with van der Waals surface area (Å²) in [6.45, 7) is 12.8. The van der Waals surface area contributed by atoms with Crippen LogP contribution in [0.3, 0.4) is 0 Å². The first-order chi connectivity index (χ1) is 11.8. The molecule has 0 aliphatic rings. The van der Waals surface area contributed by atoms with E-state index in [-0.39, 0.29) is 41.2 Å². The molecule has 0 saturated carbocycles. The van der Waals surface area contributed by atoms with Crippen LogP contribution in [0.2, 0.25) is 0 Å². The molecule has 0 fully saturated rings. The number of halogens is 1. The number of benzene rings is 2. The number of hydrogen-bond donors (Lipinski definition) is 0. The Balaban J connectivity index is 0.00000338. The second-order valence-corrected chi connectivity index (χ2v) is 6.30. The molecule has 0 bridgehead atoms. The second kappa shape index (κ2) is 10.8. The van der Waals surface area contributed by atoms with Gasteiger partial charge < -0.3 is 27.2 Å². The third kappa shape index (κ3) is 5.30. The Morgan fingerprint density at radius 1 is 0.926 bits per heavy atom. The molecule has 1 amide bonds. The molecule has 0 aromatic heterocycles. The van der Waals surface area contributed by atoms with Gasteiger partial charge in [0.15, 0.2) is 0 Å². The van der Waals surface area contributed by atoms with Crippen LogP contribution in [-0.4, -0.2) is 47.1 Å². The predicted molar refractivity (Wildman–Crippen MR) is 105 cm³/mol. The van der Waals surface area contributed by atoms with Crippen LogP contribution < -0.4 is 22.3 Å². The van der Waals surface area contributed by atoms with Crippen molar-refractivity contribution in [3.8, 4) is 22.6 Å². The van der Waals surface area contributed by atoms with Crippen molar-refractivity contribution in [3.63, 3.8) is 0 Å². The van der Waals surface area contributed by atoms with Gasteiger partial charge in [-0.3, -0.25) is 0 Å². The Morgan fingerprint density at radius 3 is 1.93 bits per heavy atom. The number of ether oxygens (including phenoxy) is 1. The largest absolute Gasteiger partial charge is 2.00 e. The topological polar surface area (TPSA) is 52.6 Å². The van der Waals surface area contributed by atoms with Crippen molar-refractivity contribution in [1.29, 1.82) is 0 Å². The van der Waals surface area contributed by atoms with Gasteiger partial charge in [0, 0.05) is 18.7 Å². The molecular weight excluding hydrogens is 374 g/mol. The van der Waals surface area contributed by atoms with Crippen LogP contribution in [0.5, 0.6) is 11.5 Å². The van der Waals surface area contributed by atoms with Crippen molar-refractivity contribution in [2.24, 2.45) is 0 Å². The summed E-state index contributed by atoms with van der Waals surface area (Å²) in [5, 5.41) is 12.6. The molecule has 2 rings (SSSR count). The Bertz CT molecular complexity index is 804. The molecule has 0 atom stereocenters. The van der Waals surface area contributed by atoms with Gasteiger partial charge in [0.05, 0.1) is 0 Å². The van der Waals surface area contributed by atoms with Crippen LogP contribution >= 0.6 is 0 Å². The molecule has 4 nitrogen and oxygen atoms in total. The summed E-state index contributed by atoms with van der Waals surface area (Å²) in [6.07, 6.45) is -0.396. The maximum atomic E-state index is 12.6. The quantitative estimate of drug-likeness (QED) is 0.724. The summed E-state index contributed by atoms with van der Waals surface area (Å²) in [5.41, 5.74) is 5.29. The minimum Gasteiger partial charge on any atom is -1.00 e. The molecule has 0 heterocycles. The standard InChI is InChI=1S/C21H27NO3.ClH.Mg/c1-7-22(8-2)21(24)25-18-12-10-14(4)16(6)20(18)19-15(5)13(3)9-11-17(19)23;;/h9-12,23H,7-8H2,1-6H3;1H;/q;;+2/p-2. The Kier molecular flexibility index (Phi) is 10.2. The van der Waals surface area contributed by atoms with Crippen molar-refractivity contribution in [1.82, 2.24) is 4.90 Å². The molecule has 2 aromatic rings. The van der Waals surface area contributed by atoms with E-state index in [9.17, 15) is 9.90 Å². The summed E-state index contributed by atoms with van der Waals surface area (Å²) in [5.74, 6) is 0.378. The maximum absolute atomic E-state index is 12.6. The first-order valence-corrected chi connectivity index (χ1v) is 8.66. The molecule has 0 spiro atoms. The number of hydrogen-bond acceptors (Lipinski definition) is 3. The SMILES string of the molecule is CCN(CC)C(=O)Oc1ccc(C)c(C)c1-c1c([O-])ccc(C)c1C.[Cl-].[Mg+2]. The van der Waals surface area contributed by atoms with Crippen LogP contribution in [0.4, 0.5) is 4.79 Å². The zero-order valence-corrected chi connectivity index (χ0v) is 19.2. The van der Waals surface area contributed by atoms with E-state index in [2.05, 4.69) is 0 Å². The first kappa shape index (κ1) is 25.6. The number of carbonyl (C=O) groups excluding carboxylic acids is 1. The average molecular weight is 400 g/mol. The Morgan fingerprint density at radius 2 is 1.41 bits per heavy atom. The molecule has 2 aromatic carbocycles. The van der Waals surface area contributed by atoms with Gasteiger partial charge >= 0.3 is 29.1 Å². The minimum atomic E-state index is -0.396. The molecule has 0 saturated heterocycles. The van der Waals surface area contributed by atoms with Gasteiger partial charge in [-0.1, -0.05) is 18.2 Å².